The van der Waals surface area contributed by atoms with Crippen LogP contribution < -0.4 is 0 Å². The van der Waals surface area contributed by atoms with E-state index in [2.05, 4.69) is 76.2 Å². The Morgan fingerprint density at radius 1 is 0.222 bits per heavy atom. The van der Waals surface area contributed by atoms with Crippen LogP contribution in [0.1, 0.15) is 77.6 Å². The SMILES string of the molecule is CC.CC.CC.CC.Cc1ccccc1.Cc1ccccc1.Cc1ccccc1.Cc1ccccc1. The standard InChI is InChI=1S/4C7H8.4C2H6/c4*1-7-5-3-2-4-6-7;4*1-2/h4*2-6H,1H3;4*1-2H3. The number of hydrogen-bond acceptors (Lipinski definition) is 0. The molecule has 0 saturated carbocycles. The number of aryl methyl sites for hydroxylation is 4. The maximum atomic E-state index is 2.08. The second-order valence-corrected chi connectivity index (χ2v) is 6.62. The van der Waals surface area contributed by atoms with Crippen LogP contribution in [-0.4, -0.2) is 0 Å². The van der Waals surface area contributed by atoms with Gasteiger partial charge in [-0.2, -0.15) is 0 Å². The largest absolute Gasteiger partial charge is 0.0683 e. The van der Waals surface area contributed by atoms with Gasteiger partial charge in [0.15, 0.2) is 0 Å². The zero-order valence-electron chi connectivity index (χ0n) is 25.5. The summed E-state index contributed by atoms with van der Waals surface area (Å²) in [6.45, 7) is 24.3. The van der Waals surface area contributed by atoms with Crippen LogP contribution in [0.25, 0.3) is 0 Å². The van der Waals surface area contributed by atoms with E-state index in [0.717, 1.165) is 0 Å². The Labute approximate surface area is 226 Å². The predicted molar refractivity (Wildman–Crippen MR) is 170 cm³/mol. The van der Waals surface area contributed by atoms with Crippen molar-refractivity contribution in [3.63, 3.8) is 0 Å². The molecule has 4 rings (SSSR count). The Morgan fingerprint density at radius 2 is 0.333 bits per heavy atom. The topological polar surface area (TPSA) is 0 Å². The molecule has 0 unspecified atom stereocenters. The van der Waals surface area contributed by atoms with Gasteiger partial charge in [0.25, 0.3) is 0 Å². The van der Waals surface area contributed by atoms with Crippen molar-refractivity contribution in [1.29, 1.82) is 0 Å². The number of rotatable bonds is 0. The first-order valence-corrected chi connectivity index (χ1v) is 13.6. The molecule has 4 aromatic rings. The van der Waals surface area contributed by atoms with Gasteiger partial charge in [0.1, 0.15) is 0 Å². The first-order valence-electron chi connectivity index (χ1n) is 13.6. The molecule has 0 fully saturated rings. The minimum absolute atomic E-state index is 1.32. The summed E-state index contributed by atoms with van der Waals surface area (Å²) in [7, 11) is 0. The van der Waals surface area contributed by atoms with Crippen molar-refractivity contribution in [1.82, 2.24) is 0 Å². The molecule has 4 aromatic carbocycles. The number of benzene rings is 4. The van der Waals surface area contributed by atoms with E-state index in [1.807, 2.05) is 128 Å². The molecule has 0 bridgehead atoms. The molecule has 0 atom stereocenters. The van der Waals surface area contributed by atoms with Crippen LogP contribution in [0.4, 0.5) is 0 Å². The van der Waals surface area contributed by atoms with Crippen molar-refractivity contribution in [3.05, 3.63) is 144 Å². The van der Waals surface area contributed by atoms with Gasteiger partial charge in [-0.1, -0.05) is 199 Å². The molecule has 0 aromatic heterocycles. The van der Waals surface area contributed by atoms with Gasteiger partial charge >= 0.3 is 0 Å². The first-order chi connectivity index (χ1) is 17.6. The van der Waals surface area contributed by atoms with E-state index in [-0.39, 0.29) is 0 Å². The summed E-state index contributed by atoms with van der Waals surface area (Å²) in [6, 6.07) is 41.0. The van der Waals surface area contributed by atoms with Crippen molar-refractivity contribution in [2.75, 3.05) is 0 Å². The van der Waals surface area contributed by atoms with Crippen LogP contribution in [0.15, 0.2) is 121 Å². The normalized spacial score (nSPS) is 7.44. The third-order valence-corrected chi connectivity index (χ3v) is 3.76. The fraction of sp³-hybridized carbons (Fsp3) is 0.333. The van der Waals surface area contributed by atoms with Crippen molar-refractivity contribution in [2.24, 2.45) is 0 Å². The zero-order valence-corrected chi connectivity index (χ0v) is 25.5. The summed E-state index contributed by atoms with van der Waals surface area (Å²) < 4.78 is 0. The zero-order chi connectivity index (χ0) is 28.5. The highest BCUT2D eigenvalue weighted by atomic mass is 13.8. The summed E-state index contributed by atoms with van der Waals surface area (Å²) in [5.74, 6) is 0. The maximum Gasteiger partial charge on any atom is -0.0398 e. The molecule has 0 N–H and O–H groups in total. The highest BCUT2D eigenvalue weighted by molar-refractivity contribution is 5.13. The van der Waals surface area contributed by atoms with Crippen molar-refractivity contribution in [3.8, 4) is 0 Å². The molecule has 0 spiro atoms. The van der Waals surface area contributed by atoms with Gasteiger partial charge in [-0.05, 0) is 27.7 Å². The molecule has 0 aliphatic carbocycles. The number of hydrogen-bond donors (Lipinski definition) is 0. The van der Waals surface area contributed by atoms with Gasteiger partial charge in [0.2, 0.25) is 0 Å². The lowest BCUT2D eigenvalue weighted by atomic mass is 10.2. The second-order valence-electron chi connectivity index (χ2n) is 6.62. The summed E-state index contributed by atoms with van der Waals surface area (Å²) in [5, 5.41) is 0. The lowest BCUT2D eigenvalue weighted by molar-refractivity contribution is 1.48. The van der Waals surface area contributed by atoms with Crippen LogP contribution in [0, 0.1) is 27.7 Å². The quantitative estimate of drug-likeness (QED) is 0.231. The van der Waals surface area contributed by atoms with E-state index in [0.29, 0.717) is 0 Å². The highest BCUT2D eigenvalue weighted by Gasteiger charge is 1.74. The van der Waals surface area contributed by atoms with Crippen LogP contribution in [0.2, 0.25) is 0 Å². The monoisotopic (exact) mass is 488 g/mol. The highest BCUT2D eigenvalue weighted by Crippen LogP contribution is 1.94. The van der Waals surface area contributed by atoms with Gasteiger partial charge in [-0.15, -0.1) is 0 Å². The van der Waals surface area contributed by atoms with Gasteiger partial charge in [0.05, 0.1) is 0 Å². The fourth-order valence-electron chi connectivity index (χ4n) is 2.14. The van der Waals surface area contributed by atoms with Crippen LogP contribution in [-0.2, 0) is 0 Å². The molecule has 0 heteroatoms. The van der Waals surface area contributed by atoms with Crippen molar-refractivity contribution >= 4 is 0 Å². The lowest BCUT2D eigenvalue weighted by Gasteiger charge is -1.82. The Balaban J connectivity index is -0.000000173. The van der Waals surface area contributed by atoms with Gasteiger partial charge in [-0.25, -0.2) is 0 Å². The molecule has 36 heavy (non-hydrogen) atoms. The summed E-state index contributed by atoms with van der Waals surface area (Å²) >= 11 is 0. The molecule has 0 aliphatic rings. The third-order valence-electron chi connectivity index (χ3n) is 3.76. The molecule has 0 saturated heterocycles. The fourth-order valence-corrected chi connectivity index (χ4v) is 2.14. The van der Waals surface area contributed by atoms with Crippen molar-refractivity contribution in [2.45, 2.75) is 83.1 Å². The van der Waals surface area contributed by atoms with Gasteiger partial charge in [-0.3, -0.25) is 0 Å². The Morgan fingerprint density at radius 3 is 0.389 bits per heavy atom. The van der Waals surface area contributed by atoms with Gasteiger partial charge in [0, 0.05) is 0 Å². The molecule has 0 aliphatic heterocycles. The van der Waals surface area contributed by atoms with E-state index in [1.165, 1.54) is 22.3 Å². The average molecular weight is 489 g/mol. The smallest absolute Gasteiger partial charge is 0.0398 e. The molecule has 0 nitrogen and oxygen atoms in total. The molecule has 0 heterocycles. The molecular weight excluding hydrogens is 432 g/mol. The maximum absolute atomic E-state index is 2.08. The Bertz CT molecular complexity index is 670. The summed E-state index contributed by atoms with van der Waals surface area (Å²) in [6.07, 6.45) is 0. The lowest BCUT2D eigenvalue weighted by Crippen LogP contribution is -1.62. The van der Waals surface area contributed by atoms with Gasteiger partial charge < -0.3 is 0 Å². The molecular formula is C36H56. The van der Waals surface area contributed by atoms with Crippen molar-refractivity contribution < 1.29 is 0 Å². The minimum Gasteiger partial charge on any atom is -0.0683 e. The Hall–Kier alpha value is -3.12. The average Bonchev–Trinajstić information content (AvgIpc) is 2.96. The van der Waals surface area contributed by atoms with Crippen LogP contribution in [0.5, 0.6) is 0 Å². The second kappa shape index (κ2) is 36.4. The van der Waals surface area contributed by atoms with E-state index in [4.69, 9.17) is 0 Å². The summed E-state index contributed by atoms with van der Waals surface area (Å²) in [4.78, 5) is 0. The van der Waals surface area contributed by atoms with E-state index in [1.54, 1.807) is 0 Å². The molecule has 0 radical (unpaired) electrons. The van der Waals surface area contributed by atoms with E-state index >= 15 is 0 Å². The minimum atomic E-state index is 1.32. The summed E-state index contributed by atoms with van der Waals surface area (Å²) in [5.41, 5.74) is 5.29. The first kappa shape index (κ1) is 40.1. The predicted octanol–water partition coefficient (Wildman–Crippen LogP) is 12.1. The molecule has 0 amide bonds. The molecule has 200 valence electrons. The van der Waals surface area contributed by atoms with Crippen LogP contribution >= 0.6 is 0 Å². The Kier molecular flexibility index (Phi) is 40.6. The third kappa shape index (κ3) is 33.1. The van der Waals surface area contributed by atoms with E-state index < -0.39 is 0 Å². The van der Waals surface area contributed by atoms with E-state index in [9.17, 15) is 0 Å². The van der Waals surface area contributed by atoms with Crippen LogP contribution in [0.3, 0.4) is 0 Å².